The SMILES string of the molecule is Cc1[nH]c(CN2C(=O)Cc3cc(F)ccc32)c(C)c1C(=O)NC1CCC(C(=O)N2CCCC2)CC1. The number of benzene rings is 1. The second-order valence-corrected chi connectivity index (χ2v) is 10.2. The van der Waals surface area contributed by atoms with E-state index in [-0.39, 0.29) is 41.9 Å². The maximum atomic E-state index is 13.6. The third-order valence-corrected chi connectivity index (χ3v) is 7.89. The number of anilines is 1. The number of nitrogens with one attached hydrogen (secondary N) is 2. The summed E-state index contributed by atoms with van der Waals surface area (Å²) in [6.07, 6.45) is 5.63. The summed E-state index contributed by atoms with van der Waals surface area (Å²) in [5.41, 5.74) is 4.40. The van der Waals surface area contributed by atoms with Crippen molar-refractivity contribution in [1.29, 1.82) is 0 Å². The van der Waals surface area contributed by atoms with Crippen LogP contribution in [-0.2, 0) is 22.6 Å². The van der Waals surface area contributed by atoms with Gasteiger partial charge in [0.25, 0.3) is 5.91 Å². The highest BCUT2D eigenvalue weighted by atomic mass is 19.1. The van der Waals surface area contributed by atoms with E-state index in [1.165, 1.54) is 12.1 Å². The summed E-state index contributed by atoms with van der Waals surface area (Å²) in [6, 6.07) is 4.47. The number of aromatic nitrogens is 1. The van der Waals surface area contributed by atoms with Crippen molar-refractivity contribution in [3.63, 3.8) is 0 Å². The lowest BCUT2D eigenvalue weighted by molar-refractivity contribution is -0.135. The van der Waals surface area contributed by atoms with E-state index < -0.39 is 0 Å². The van der Waals surface area contributed by atoms with Gasteiger partial charge >= 0.3 is 0 Å². The first kappa shape index (κ1) is 23.6. The normalized spacial score (nSPS) is 22.0. The highest BCUT2D eigenvalue weighted by molar-refractivity contribution is 6.01. The van der Waals surface area contributed by atoms with Gasteiger partial charge in [0.15, 0.2) is 0 Å². The second kappa shape index (κ2) is 9.47. The molecule has 2 aromatic rings. The van der Waals surface area contributed by atoms with Gasteiger partial charge in [-0.2, -0.15) is 0 Å². The zero-order valence-corrected chi connectivity index (χ0v) is 20.5. The lowest BCUT2D eigenvalue weighted by atomic mass is 9.85. The highest BCUT2D eigenvalue weighted by Gasteiger charge is 2.33. The fourth-order valence-corrected chi connectivity index (χ4v) is 5.93. The molecule has 1 aliphatic carbocycles. The Balaban J connectivity index is 1.22. The Morgan fingerprint density at radius 2 is 1.83 bits per heavy atom. The average Bonchev–Trinajstić information content (AvgIpc) is 3.53. The molecular weight excluding hydrogens is 447 g/mol. The van der Waals surface area contributed by atoms with E-state index in [0.717, 1.165) is 68.6 Å². The molecule has 1 aromatic heterocycles. The van der Waals surface area contributed by atoms with Crippen molar-refractivity contribution < 1.29 is 18.8 Å². The van der Waals surface area contributed by atoms with Crippen LogP contribution in [0, 0.1) is 25.6 Å². The number of fused-ring (bicyclic) bond motifs is 1. The largest absolute Gasteiger partial charge is 0.360 e. The molecule has 3 aliphatic rings. The maximum absolute atomic E-state index is 13.6. The molecule has 1 aromatic carbocycles. The topological polar surface area (TPSA) is 85.5 Å². The van der Waals surface area contributed by atoms with Gasteiger partial charge in [-0.1, -0.05) is 0 Å². The van der Waals surface area contributed by atoms with Crippen LogP contribution in [-0.4, -0.2) is 46.7 Å². The minimum atomic E-state index is -0.348. The lowest BCUT2D eigenvalue weighted by Crippen LogP contribution is -2.41. The number of carbonyl (C=O) groups excluding carboxylic acids is 3. The molecule has 2 aliphatic heterocycles. The minimum Gasteiger partial charge on any atom is -0.360 e. The van der Waals surface area contributed by atoms with Crippen LogP contribution < -0.4 is 10.2 Å². The predicted molar refractivity (Wildman–Crippen MR) is 131 cm³/mol. The van der Waals surface area contributed by atoms with Gasteiger partial charge in [-0.05, 0) is 81.7 Å². The molecule has 3 heterocycles. The van der Waals surface area contributed by atoms with Crippen LogP contribution in [0.5, 0.6) is 0 Å². The molecule has 3 amide bonds. The molecule has 0 spiro atoms. The quantitative estimate of drug-likeness (QED) is 0.683. The number of halogens is 1. The lowest BCUT2D eigenvalue weighted by Gasteiger charge is -2.31. The van der Waals surface area contributed by atoms with E-state index >= 15 is 0 Å². The number of carbonyl (C=O) groups is 3. The van der Waals surface area contributed by atoms with Crippen LogP contribution in [0.3, 0.4) is 0 Å². The van der Waals surface area contributed by atoms with Crippen LogP contribution >= 0.6 is 0 Å². The van der Waals surface area contributed by atoms with Gasteiger partial charge in [0.05, 0.1) is 18.5 Å². The van der Waals surface area contributed by atoms with Crippen molar-refractivity contribution in [2.75, 3.05) is 18.0 Å². The van der Waals surface area contributed by atoms with Crippen LogP contribution in [0.15, 0.2) is 18.2 Å². The molecule has 1 saturated heterocycles. The number of H-pyrrole nitrogens is 1. The number of aryl methyl sites for hydroxylation is 1. The molecule has 0 bridgehead atoms. The van der Waals surface area contributed by atoms with Crippen molar-refractivity contribution in [3.05, 3.63) is 52.1 Å². The Morgan fingerprint density at radius 1 is 1.11 bits per heavy atom. The number of amides is 3. The molecule has 1 saturated carbocycles. The summed E-state index contributed by atoms with van der Waals surface area (Å²) < 4.78 is 13.6. The average molecular weight is 481 g/mol. The third-order valence-electron chi connectivity index (χ3n) is 7.89. The van der Waals surface area contributed by atoms with Crippen LogP contribution in [0.25, 0.3) is 0 Å². The molecule has 8 heteroatoms. The molecule has 35 heavy (non-hydrogen) atoms. The van der Waals surface area contributed by atoms with Gasteiger partial charge in [-0.15, -0.1) is 0 Å². The summed E-state index contributed by atoms with van der Waals surface area (Å²) in [7, 11) is 0. The van der Waals surface area contributed by atoms with Crippen molar-refractivity contribution in [1.82, 2.24) is 15.2 Å². The fraction of sp³-hybridized carbons (Fsp3) is 0.519. The van der Waals surface area contributed by atoms with Crippen molar-refractivity contribution >= 4 is 23.4 Å². The smallest absolute Gasteiger partial charge is 0.253 e. The molecular formula is C27H33FN4O3. The summed E-state index contributed by atoms with van der Waals surface area (Å²) in [6.45, 7) is 5.84. The first-order valence-corrected chi connectivity index (χ1v) is 12.7. The van der Waals surface area contributed by atoms with E-state index in [1.54, 1.807) is 11.0 Å². The zero-order chi connectivity index (χ0) is 24.7. The minimum absolute atomic E-state index is 0.0595. The summed E-state index contributed by atoms with van der Waals surface area (Å²) in [5.74, 6) is -0.179. The second-order valence-electron chi connectivity index (χ2n) is 10.2. The van der Waals surface area contributed by atoms with Gasteiger partial charge in [0, 0.05) is 42.1 Å². The van der Waals surface area contributed by atoms with Crippen molar-refractivity contribution in [3.8, 4) is 0 Å². The number of nitrogens with zero attached hydrogens (tertiary/aromatic N) is 2. The molecule has 0 atom stereocenters. The third kappa shape index (κ3) is 4.58. The summed E-state index contributed by atoms with van der Waals surface area (Å²) in [4.78, 5) is 45.4. The fourth-order valence-electron chi connectivity index (χ4n) is 5.93. The zero-order valence-electron chi connectivity index (χ0n) is 20.5. The molecule has 0 radical (unpaired) electrons. The number of aromatic amines is 1. The number of likely N-dealkylation sites (tertiary alicyclic amines) is 1. The van der Waals surface area contributed by atoms with Gasteiger partial charge in [0.1, 0.15) is 5.82 Å². The Kier molecular flexibility index (Phi) is 6.38. The number of rotatable bonds is 5. The Bertz CT molecular complexity index is 1160. The van der Waals surface area contributed by atoms with Gasteiger partial charge in [-0.25, -0.2) is 4.39 Å². The molecule has 2 N–H and O–H groups in total. The standard InChI is InChI=1S/C27H33FN4O3/c1-16-22(15-32-23-10-7-20(28)13-19(23)14-24(32)33)29-17(2)25(16)26(34)30-21-8-5-18(6-9-21)27(35)31-11-3-4-12-31/h7,10,13,18,21,29H,3-6,8-9,11-12,14-15H2,1-2H3,(H,30,34). The maximum Gasteiger partial charge on any atom is 0.253 e. The van der Waals surface area contributed by atoms with Gasteiger partial charge in [-0.3, -0.25) is 14.4 Å². The van der Waals surface area contributed by atoms with E-state index in [1.807, 2.05) is 18.7 Å². The van der Waals surface area contributed by atoms with Crippen LogP contribution in [0.1, 0.15) is 71.4 Å². The van der Waals surface area contributed by atoms with Crippen LogP contribution in [0.2, 0.25) is 0 Å². The summed E-state index contributed by atoms with van der Waals surface area (Å²) >= 11 is 0. The van der Waals surface area contributed by atoms with Gasteiger partial charge in [0.2, 0.25) is 11.8 Å². The van der Waals surface area contributed by atoms with Gasteiger partial charge < -0.3 is 20.1 Å². The number of hydrogen-bond acceptors (Lipinski definition) is 3. The Labute approximate surface area is 205 Å². The number of hydrogen-bond donors (Lipinski definition) is 2. The highest BCUT2D eigenvalue weighted by Crippen LogP contribution is 2.32. The molecule has 186 valence electrons. The van der Waals surface area contributed by atoms with E-state index in [4.69, 9.17) is 0 Å². The van der Waals surface area contributed by atoms with Crippen LogP contribution in [0.4, 0.5) is 10.1 Å². The van der Waals surface area contributed by atoms with Crippen molar-refractivity contribution in [2.24, 2.45) is 5.92 Å². The van der Waals surface area contributed by atoms with E-state index in [0.29, 0.717) is 23.4 Å². The van der Waals surface area contributed by atoms with Crippen molar-refractivity contribution in [2.45, 2.75) is 71.4 Å². The molecule has 5 rings (SSSR count). The molecule has 7 nitrogen and oxygen atoms in total. The predicted octanol–water partition coefficient (Wildman–Crippen LogP) is 3.77. The molecule has 0 unspecified atom stereocenters. The van der Waals surface area contributed by atoms with E-state index in [9.17, 15) is 18.8 Å². The monoisotopic (exact) mass is 480 g/mol. The molecule has 2 fully saturated rings. The first-order valence-electron chi connectivity index (χ1n) is 12.7. The Hall–Kier alpha value is -3.16. The Morgan fingerprint density at radius 3 is 2.54 bits per heavy atom. The summed E-state index contributed by atoms with van der Waals surface area (Å²) in [5, 5.41) is 3.18. The van der Waals surface area contributed by atoms with E-state index in [2.05, 4.69) is 10.3 Å². The first-order chi connectivity index (χ1) is 16.8.